The number of rotatable bonds is 7. The van der Waals surface area contributed by atoms with E-state index in [-0.39, 0.29) is 30.0 Å². The zero-order valence-corrected chi connectivity index (χ0v) is 11.2. The van der Waals surface area contributed by atoms with Gasteiger partial charge in [0, 0.05) is 6.42 Å². The van der Waals surface area contributed by atoms with Crippen LogP contribution in [0.15, 0.2) is 18.2 Å². The minimum atomic E-state index is -1.08. The van der Waals surface area contributed by atoms with Crippen molar-refractivity contribution in [1.82, 2.24) is 0 Å². The van der Waals surface area contributed by atoms with Crippen molar-refractivity contribution in [3.05, 3.63) is 28.3 Å². The number of ether oxygens (including phenoxy) is 1. The molecule has 0 aliphatic heterocycles. The van der Waals surface area contributed by atoms with Gasteiger partial charge in [0.2, 0.25) is 5.91 Å². The molecule has 1 amide bonds. The highest BCUT2D eigenvalue weighted by Crippen LogP contribution is 2.29. The van der Waals surface area contributed by atoms with Gasteiger partial charge in [0.05, 0.1) is 24.1 Å². The zero-order chi connectivity index (χ0) is 16.0. The van der Waals surface area contributed by atoms with E-state index in [1.807, 2.05) is 0 Å². The lowest BCUT2D eigenvalue weighted by Gasteiger charge is -2.12. The number of hydrogen-bond acceptors (Lipinski definition) is 6. The third-order valence-corrected chi connectivity index (χ3v) is 2.67. The molecule has 0 radical (unpaired) electrons. The van der Waals surface area contributed by atoms with E-state index in [1.54, 1.807) is 0 Å². The Morgan fingerprint density at radius 3 is 2.71 bits per heavy atom. The first-order valence-electron chi connectivity index (χ1n) is 5.95. The lowest BCUT2D eigenvalue weighted by atomic mass is 10.1. The van der Waals surface area contributed by atoms with Crippen molar-refractivity contribution >= 4 is 23.3 Å². The summed E-state index contributed by atoms with van der Waals surface area (Å²) in [5.74, 6) is -1.49. The molecule has 9 heteroatoms. The van der Waals surface area contributed by atoms with Crippen LogP contribution in [-0.4, -0.2) is 35.1 Å². The molecule has 0 aromatic heterocycles. The van der Waals surface area contributed by atoms with Crippen molar-refractivity contribution in [2.45, 2.75) is 18.9 Å². The van der Waals surface area contributed by atoms with Crippen LogP contribution < -0.4 is 15.8 Å². The standard InChI is InChI=1S/C12H15N3O6/c1-21-7-2-4-9(10(6-7)15(19)20)14-12(18)8(13)3-5-11(16)17/h2,4,6,8H,3,5,13H2,1H3,(H,14,18)(H,16,17). The molecular formula is C12H15N3O6. The van der Waals surface area contributed by atoms with Gasteiger partial charge in [-0.2, -0.15) is 0 Å². The van der Waals surface area contributed by atoms with Gasteiger partial charge in [-0.05, 0) is 18.6 Å². The highest BCUT2D eigenvalue weighted by atomic mass is 16.6. The smallest absolute Gasteiger partial charge is 0.303 e. The van der Waals surface area contributed by atoms with Gasteiger partial charge < -0.3 is 20.9 Å². The second kappa shape index (κ2) is 7.20. The Kier molecular flexibility index (Phi) is 5.61. The number of carboxylic acid groups (broad SMARTS) is 1. The second-order valence-electron chi connectivity index (χ2n) is 4.17. The number of nitrogens with one attached hydrogen (secondary N) is 1. The number of nitro benzene ring substituents is 1. The average Bonchev–Trinajstić information content (AvgIpc) is 2.44. The highest BCUT2D eigenvalue weighted by Gasteiger charge is 2.20. The number of benzene rings is 1. The van der Waals surface area contributed by atoms with Crippen LogP contribution >= 0.6 is 0 Å². The molecule has 21 heavy (non-hydrogen) atoms. The van der Waals surface area contributed by atoms with Gasteiger partial charge in [-0.15, -0.1) is 0 Å². The van der Waals surface area contributed by atoms with E-state index in [9.17, 15) is 19.7 Å². The molecule has 0 saturated carbocycles. The number of carboxylic acids is 1. The Morgan fingerprint density at radius 2 is 2.19 bits per heavy atom. The predicted molar refractivity (Wildman–Crippen MR) is 73.1 cm³/mol. The summed E-state index contributed by atoms with van der Waals surface area (Å²) in [7, 11) is 1.36. The van der Waals surface area contributed by atoms with Gasteiger partial charge in [-0.1, -0.05) is 0 Å². The maximum Gasteiger partial charge on any atom is 0.303 e. The van der Waals surface area contributed by atoms with Crippen LogP contribution in [0.4, 0.5) is 11.4 Å². The van der Waals surface area contributed by atoms with Gasteiger partial charge in [-0.3, -0.25) is 19.7 Å². The van der Waals surface area contributed by atoms with Gasteiger partial charge >= 0.3 is 5.97 Å². The van der Waals surface area contributed by atoms with Crippen molar-refractivity contribution in [2.75, 3.05) is 12.4 Å². The number of aliphatic carboxylic acids is 1. The number of nitrogens with two attached hydrogens (primary N) is 1. The van der Waals surface area contributed by atoms with E-state index in [0.717, 1.165) is 0 Å². The summed E-state index contributed by atoms with van der Waals surface area (Å²) in [5.41, 5.74) is 5.16. The maximum absolute atomic E-state index is 11.8. The molecule has 0 spiro atoms. The summed E-state index contributed by atoms with van der Waals surface area (Å²) in [6, 6.07) is 2.87. The Labute approximate surface area is 119 Å². The third-order valence-electron chi connectivity index (χ3n) is 2.67. The van der Waals surface area contributed by atoms with E-state index in [0.29, 0.717) is 0 Å². The molecule has 1 atom stereocenters. The number of methoxy groups -OCH3 is 1. The molecule has 9 nitrogen and oxygen atoms in total. The molecule has 114 valence electrons. The minimum Gasteiger partial charge on any atom is -0.496 e. The van der Waals surface area contributed by atoms with E-state index in [1.165, 1.54) is 25.3 Å². The van der Waals surface area contributed by atoms with Crippen molar-refractivity contribution in [1.29, 1.82) is 0 Å². The van der Waals surface area contributed by atoms with Gasteiger partial charge in [0.25, 0.3) is 5.69 Å². The number of nitro groups is 1. The average molecular weight is 297 g/mol. The zero-order valence-electron chi connectivity index (χ0n) is 11.2. The summed E-state index contributed by atoms with van der Waals surface area (Å²) in [4.78, 5) is 32.5. The second-order valence-corrected chi connectivity index (χ2v) is 4.17. The largest absolute Gasteiger partial charge is 0.496 e. The molecular weight excluding hydrogens is 282 g/mol. The Bertz CT molecular complexity index is 560. The lowest BCUT2D eigenvalue weighted by Crippen LogP contribution is -2.36. The summed E-state index contributed by atoms with van der Waals surface area (Å²) >= 11 is 0. The molecule has 1 aromatic carbocycles. The van der Waals surface area contributed by atoms with Crippen molar-refractivity contribution in [2.24, 2.45) is 5.73 Å². The molecule has 1 aromatic rings. The Morgan fingerprint density at radius 1 is 1.52 bits per heavy atom. The third kappa shape index (κ3) is 4.73. The van der Waals surface area contributed by atoms with Crippen LogP contribution in [0.3, 0.4) is 0 Å². The molecule has 0 saturated heterocycles. The van der Waals surface area contributed by atoms with Crippen LogP contribution in [-0.2, 0) is 9.59 Å². The lowest BCUT2D eigenvalue weighted by molar-refractivity contribution is -0.384. The molecule has 0 aliphatic rings. The molecule has 0 bridgehead atoms. The molecule has 1 rings (SSSR count). The van der Waals surface area contributed by atoms with Crippen LogP contribution in [0.25, 0.3) is 0 Å². The fourth-order valence-electron chi connectivity index (χ4n) is 1.53. The van der Waals surface area contributed by atoms with E-state index < -0.39 is 22.8 Å². The Hall–Kier alpha value is -2.68. The number of hydrogen-bond donors (Lipinski definition) is 3. The van der Waals surface area contributed by atoms with Gasteiger partial charge in [-0.25, -0.2) is 0 Å². The topological polar surface area (TPSA) is 145 Å². The Balaban J connectivity index is 2.84. The van der Waals surface area contributed by atoms with Crippen molar-refractivity contribution in [3.63, 3.8) is 0 Å². The van der Waals surface area contributed by atoms with Crippen LogP contribution in [0.1, 0.15) is 12.8 Å². The SMILES string of the molecule is COc1ccc(NC(=O)C(N)CCC(=O)O)c([N+](=O)[O-])c1. The first-order valence-corrected chi connectivity index (χ1v) is 5.95. The van der Waals surface area contributed by atoms with Gasteiger partial charge in [0.1, 0.15) is 11.4 Å². The van der Waals surface area contributed by atoms with Gasteiger partial charge in [0.15, 0.2) is 0 Å². The summed E-state index contributed by atoms with van der Waals surface area (Å²) in [5, 5.41) is 21.8. The number of amides is 1. The summed E-state index contributed by atoms with van der Waals surface area (Å²) < 4.78 is 4.87. The first-order chi connectivity index (χ1) is 9.85. The fourth-order valence-corrected chi connectivity index (χ4v) is 1.53. The fraction of sp³-hybridized carbons (Fsp3) is 0.333. The molecule has 0 aliphatic carbocycles. The van der Waals surface area contributed by atoms with Crippen LogP contribution in [0.2, 0.25) is 0 Å². The maximum atomic E-state index is 11.8. The monoisotopic (exact) mass is 297 g/mol. The van der Waals surface area contributed by atoms with E-state index in [4.69, 9.17) is 15.6 Å². The van der Waals surface area contributed by atoms with E-state index >= 15 is 0 Å². The number of carbonyl (C=O) groups excluding carboxylic acids is 1. The molecule has 4 N–H and O–H groups in total. The molecule has 1 unspecified atom stereocenters. The highest BCUT2D eigenvalue weighted by molar-refractivity contribution is 5.96. The van der Waals surface area contributed by atoms with Crippen LogP contribution in [0.5, 0.6) is 5.75 Å². The van der Waals surface area contributed by atoms with Crippen molar-refractivity contribution in [3.8, 4) is 5.75 Å². The molecule has 0 fully saturated rings. The normalized spacial score (nSPS) is 11.5. The van der Waals surface area contributed by atoms with Crippen LogP contribution in [0, 0.1) is 10.1 Å². The first kappa shape index (κ1) is 16.4. The van der Waals surface area contributed by atoms with Crippen molar-refractivity contribution < 1.29 is 24.4 Å². The number of nitrogens with zero attached hydrogens (tertiary/aromatic N) is 1. The summed E-state index contributed by atoms with van der Waals surface area (Å²) in [6.07, 6.45) is -0.329. The number of carbonyl (C=O) groups is 2. The molecule has 0 heterocycles. The van der Waals surface area contributed by atoms with E-state index in [2.05, 4.69) is 5.32 Å². The summed E-state index contributed by atoms with van der Waals surface area (Å²) in [6.45, 7) is 0. The number of anilines is 1. The quantitative estimate of drug-likeness (QED) is 0.497. The minimum absolute atomic E-state index is 0.0309. The predicted octanol–water partition coefficient (Wildman–Crippen LogP) is 0.734.